The monoisotopic (exact) mass is 261 g/mol. The van der Waals surface area contributed by atoms with Crippen LogP contribution in [0.15, 0.2) is 24.3 Å². The summed E-state index contributed by atoms with van der Waals surface area (Å²) in [6.45, 7) is 4.33. The summed E-state index contributed by atoms with van der Waals surface area (Å²) in [6, 6.07) is 9.65. The van der Waals surface area contributed by atoms with Crippen molar-refractivity contribution >= 4 is 21.6 Å². The van der Waals surface area contributed by atoms with Gasteiger partial charge < -0.3 is 10.2 Å². The molecule has 0 radical (unpaired) electrons. The Hall–Kier alpha value is -0.970. The number of rotatable bonds is 3. The first-order valence-corrected chi connectivity index (χ1v) is 7.32. The maximum atomic E-state index is 4.65. The van der Waals surface area contributed by atoms with Crippen molar-refractivity contribution in [2.24, 2.45) is 0 Å². The Balaban J connectivity index is 1.63. The van der Waals surface area contributed by atoms with Crippen LogP contribution in [0, 0.1) is 0 Å². The van der Waals surface area contributed by atoms with E-state index in [2.05, 4.69) is 47.4 Å². The van der Waals surface area contributed by atoms with Gasteiger partial charge in [-0.3, -0.25) is 0 Å². The van der Waals surface area contributed by atoms with Crippen LogP contribution in [0.1, 0.15) is 18.4 Å². The summed E-state index contributed by atoms with van der Waals surface area (Å²) in [5.74, 6) is 0. The number of fused-ring (bicyclic) bond motifs is 1. The van der Waals surface area contributed by atoms with Crippen LogP contribution in [-0.4, -0.2) is 35.6 Å². The zero-order valence-corrected chi connectivity index (χ0v) is 11.7. The molecule has 3 nitrogen and oxygen atoms in total. The highest BCUT2D eigenvalue weighted by molar-refractivity contribution is 7.18. The van der Waals surface area contributed by atoms with Crippen molar-refractivity contribution in [1.29, 1.82) is 0 Å². The average molecular weight is 261 g/mol. The van der Waals surface area contributed by atoms with E-state index in [9.17, 15) is 0 Å². The van der Waals surface area contributed by atoms with Crippen LogP contribution in [0.2, 0.25) is 0 Å². The van der Waals surface area contributed by atoms with Crippen LogP contribution in [0.3, 0.4) is 0 Å². The number of nitrogens with one attached hydrogen (secondary N) is 1. The minimum Gasteiger partial charge on any atom is -0.306 e. The molecule has 2 aromatic rings. The molecule has 18 heavy (non-hydrogen) atoms. The van der Waals surface area contributed by atoms with Crippen molar-refractivity contribution in [2.45, 2.75) is 32.0 Å². The van der Waals surface area contributed by atoms with E-state index in [4.69, 9.17) is 0 Å². The Labute approximate surface area is 112 Å². The van der Waals surface area contributed by atoms with E-state index in [-0.39, 0.29) is 0 Å². The molecule has 0 aliphatic carbocycles. The van der Waals surface area contributed by atoms with Gasteiger partial charge in [-0.2, -0.15) is 0 Å². The number of nitrogens with zero attached hydrogens (tertiary/aromatic N) is 2. The van der Waals surface area contributed by atoms with Gasteiger partial charge in [0.2, 0.25) is 0 Å². The van der Waals surface area contributed by atoms with Gasteiger partial charge in [0.1, 0.15) is 5.01 Å². The SMILES string of the molecule is CC1CC(NCc2nc3ccccc3s2)CN1C. The van der Waals surface area contributed by atoms with Crippen molar-refractivity contribution in [1.82, 2.24) is 15.2 Å². The summed E-state index contributed by atoms with van der Waals surface area (Å²) in [4.78, 5) is 7.07. The largest absolute Gasteiger partial charge is 0.306 e. The average Bonchev–Trinajstić information content (AvgIpc) is 2.91. The van der Waals surface area contributed by atoms with Gasteiger partial charge in [0.25, 0.3) is 0 Å². The van der Waals surface area contributed by atoms with Crippen LogP contribution in [0.5, 0.6) is 0 Å². The van der Waals surface area contributed by atoms with Crippen molar-refractivity contribution in [3.05, 3.63) is 29.3 Å². The van der Waals surface area contributed by atoms with Crippen molar-refractivity contribution in [2.75, 3.05) is 13.6 Å². The summed E-state index contributed by atoms with van der Waals surface area (Å²) in [5, 5.41) is 4.82. The van der Waals surface area contributed by atoms with Gasteiger partial charge in [-0.1, -0.05) is 12.1 Å². The lowest BCUT2D eigenvalue weighted by Gasteiger charge is -2.12. The van der Waals surface area contributed by atoms with Crippen molar-refractivity contribution in [3.63, 3.8) is 0 Å². The molecule has 1 aromatic carbocycles. The number of benzene rings is 1. The molecule has 0 spiro atoms. The fraction of sp³-hybridized carbons (Fsp3) is 0.500. The highest BCUT2D eigenvalue weighted by Crippen LogP contribution is 2.22. The molecule has 3 rings (SSSR count). The van der Waals surface area contributed by atoms with Crippen LogP contribution in [0.4, 0.5) is 0 Å². The zero-order valence-electron chi connectivity index (χ0n) is 10.9. The standard InChI is InChI=1S/C14H19N3S/c1-10-7-11(9-17(10)2)15-8-14-16-12-5-3-4-6-13(12)18-14/h3-6,10-11,15H,7-9H2,1-2H3. The molecule has 1 aliphatic heterocycles. The second-order valence-corrected chi connectivity index (χ2v) is 6.29. The zero-order chi connectivity index (χ0) is 12.5. The molecule has 1 saturated heterocycles. The maximum Gasteiger partial charge on any atom is 0.108 e. The number of thiazole rings is 1. The van der Waals surface area contributed by atoms with Gasteiger partial charge in [0.05, 0.1) is 10.2 Å². The first kappa shape index (κ1) is 12.1. The smallest absolute Gasteiger partial charge is 0.108 e. The summed E-state index contributed by atoms with van der Waals surface area (Å²) in [5.41, 5.74) is 1.12. The number of hydrogen-bond donors (Lipinski definition) is 1. The highest BCUT2D eigenvalue weighted by Gasteiger charge is 2.25. The molecule has 0 bridgehead atoms. The molecule has 2 unspecified atom stereocenters. The van der Waals surface area contributed by atoms with Gasteiger partial charge in [-0.25, -0.2) is 4.98 Å². The third-order valence-electron chi connectivity index (χ3n) is 3.77. The quantitative estimate of drug-likeness (QED) is 0.920. The number of hydrogen-bond acceptors (Lipinski definition) is 4. The number of para-hydroxylation sites is 1. The van der Waals surface area contributed by atoms with Crippen molar-refractivity contribution in [3.8, 4) is 0 Å². The summed E-state index contributed by atoms with van der Waals surface area (Å²) in [6.07, 6.45) is 1.24. The predicted molar refractivity (Wildman–Crippen MR) is 77.0 cm³/mol. The van der Waals surface area contributed by atoms with E-state index in [1.165, 1.54) is 16.1 Å². The molecule has 0 amide bonds. The molecule has 4 heteroatoms. The van der Waals surface area contributed by atoms with Gasteiger partial charge in [-0.15, -0.1) is 11.3 Å². The van der Waals surface area contributed by atoms with Crippen LogP contribution >= 0.6 is 11.3 Å². The van der Waals surface area contributed by atoms with Gasteiger partial charge >= 0.3 is 0 Å². The molecule has 1 aliphatic rings. The lowest BCUT2D eigenvalue weighted by atomic mass is 10.2. The molecule has 96 valence electrons. The summed E-state index contributed by atoms with van der Waals surface area (Å²) >= 11 is 1.80. The molecule has 1 N–H and O–H groups in total. The fourth-order valence-corrected chi connectivity index (χ4v) is 3.49. The molecular weight excluding hydrogens is 242 g/mol. The summed E-state index contributed by atoms with van der Waals surface area (Å²) in [7, 11) is 2.20. The van der Waals surface area contributed by atoms with E-state index >= 15 is 0 Å². The van der Waals surface area contributed by atoms with E-state index in [0.29, 0.717) is 12.1 Å². The third-order valence-corrected chi connectivity index (χ3v) is 4.80. The second-order valence-electron chi connectivity index (χ2n) is 5.18. The van der Waals surface area contributed by atoms with E-state index in [1.807, 2.05) is 6.07 Å². The highest BCUT2D eigenvalue weighted by atomic mass is 32.1. The van der Waals surface area contributed by atoms with Gasteiger partial charge in [-0.05, 0) is 32.5 Å². The van der Waals surface area contributed by atoms with Crippen molar-refractivity contribution < 1.29 is 0 Å². The van der Waals surface area contributed by atoms with Crippen LogP contribution in [-0.2, 0) is 6.54 Å². The Bertz CT molecular complexity index is 494. The van der Waals surface area contributed by atoms with E-state index < -0.39 is 0 Å². The molecule has 1 aromatic heterocycles. The lowest BCUT2D eigenvalue weighted by Crippen LogP contribution is -2.30. The van der Waals surface area contributed by atoms with Crippen LogP contribution < -0.4 is 5.32 Å². The topological polar surface area (TPSA) is 28.2 Å². The third kappa shape index (κ3) is 2.41. The van der Waals surface area contributed by atoms with Gasteiger partial charge in [0, 0.05) is 25.2 Å². The predicted octanol–water partition coefficient (Wildman–Crippen LogP) is 2.48. The normalized spacial score (nSPS) is 25.0. The van der Waals surface area contributed by atoms with Crippen LogP contribution in [0.25, 0.3) is 10.2 Å². The van der Waals surface area contributed by atoms with E-state index in [0.717, 1.165) is 18.6 Å². The molecule has 0 saturated carbocycles. The Morgan fingerprint density at radius 1 is 1.44 bits per heavy atom. The summed E-state index contributed by atoms with van der Waals surface area (Å²) < 4.78 is 1.28. The first-order chi connectivity index (χ1) is 8.72. The molecule has 1 fully saturated rings. The first-order valence-electron chi connectivity index (χ1n) is 6.50. The molecular formula is C14H19N3S. The second kappa shape index (κ2) is 4.96. The lowest BCUT2D eigenvalue weighted by molar-refractivity contribution is 0.326. The molecule has 2 atom stereocenters. The fourth-order valence-electron chi connectivity index (χ4n) is 2.57. The van der Waals surface area contributed by atoms with Gasteiger partial charge in [0.15, 0.2) is 0 Å². The van der Waals surface area contributed by atoms with E-state index in [1.54, 1.807) is 11.3 Å². The number of likely N-dealkylation sites (tertiary alicyclic amines) is 1. The minimum atomic E-state index is 0.608. The maximum absolute atomic E-state index is 4.65. The number of likely N-dealkylation sites (N-methyl/N-ethyl adjacent to an activating group) is 1. The Kier molecular flexibility index (Phi) is 3.33. The molecule has 2 heterocycles. The number of aromatic nitrogens is 1. The Morgan fingerprint density at radius 3 is 3.00 bits per heavy atom. The minimum absolute atomic E-state index is 0.608. The Morgan fingerprint density at radius 2 is 2.28 bits per heavy atom.